The highest BCUT2D eigenvalue weighted by Gasteiger charge is 2.45. The van der Waals surface area contributed by atoms with Crippen LogP contribution in [0.2, 0.25) is 0 Å². The van der Waals surface area contributed by atoms with Crippen LogP contribution in [0.5, 0.6) is 5.75 Å². The van der Waals surface area contributed by atoms with Crippen molar-refractivity contribution in [1.29, 1.82) is 0 Å². The zero-order valence-corrected chi connectivity index (χ0v) is 15.8. The monoisotopic (exact) mass is 396 g/mol. The van der Waals surface area contributed by atoms with Gasteiger partial charge in [0.2, 0.25) is 0 Å². The van der Waals surface area contributed by atoms with E-state index in [0.29, 0.717) is 12.3 Å². The predicted molar refractivity (Wildman–Crippen MR) is 97.5 cm³/mol. The lowest BCUT2D eigenvalue weighted by atomic mass is 10.2. The molecule has 0 aliphatic carbocycles. The Morgan fingerprint density at radius 3 is 2.54 bits per heavy atom. The number of pyridine rings is 1. The fourth-order valence-corrected chi connectivity index (χ4v) is 7.72. The Bertz CT molecular complexity index is 958. The Morgan fingerprint density at radius 2 is 1.92 bits per heavy atom. The Kier molecular flexibility index (Phi) is 5.31. The highest BCUT2D eigenvalue weighted by Crippen LogP contribution is 2.27. The lowest BCUT2D eigenvalue weighted by Gasteiger charge is -2.20. The minimum atomic E-state index is -3.80. The Morgan fingerprint density at radius 1 is 1.19 bits per heavy atom. The van der Waals surface area contributed by atoms with E-state index in [1.54, 1.807) is 30.6 Å². The summed E-state index contributed by atoms with van der Waals surface area (Å²) in [7, 11) is -5.74. The standard InChI is InChI=1S/C17H20N2O5S2/c1-24-14-4-6-15(7-5-14)26(22,23)17-12-25(20,21)11-16(17)19-10-13-3-2-8-18-9-13/h2-9,16-17,19H,10-12H2,1H3. The van der Waals surface area contributed by atoms with Gasteiger partial charge in [-0.1, -0.05) is 6.07 Å². The molecule has 1 aromatic carbocycles. The second-order valence-electron chi connectivity index (χ2n) is 6.18. The predicted octanol–water partition coefficient (Wildman–Crippen LogP) is 0.819. The molecule has 1 fully saturated rings. The number of hydrogen-bond donors (Lipinski definition) is 1. The fourth-order valence-electron chi connectivity index (χ4n) is 3.00. The molecule has 0 amide bonds. The zero-order chi connectivity index (χ0) is 18.8. The molecule has 0 radical (unpaired) electrons. The number of nitrogens with zero attached hydrogens (tertiary/aromatic N) is 1. The first-order valence-electron chi connectivity index (χ1n) is 8.02. The second kappa shape index (κ2) is 7.34. The SMILES string of the molecule is COc1ccc(S(=O)(=O)C2CS(=O)(=O)CC2NCc2cccnc2)cc1. The number of sulfone groups is 2. The molecule has 140 valence electrons. The number of hydrogen-bond acceptors (Lipinski definition) is 7. The summed E-state index contributed by atoms with van der Waals surface area (Å²) in [5.41, 5.74) is 0.859. The minimum Gasteiger partial charge on any atom is -0.497 e. The van der Waals surface area contributed by atoms with Gasteiger partial charge in [-0.25, -0.2) is 16.8 Å². The Balaban J connectivity index is 1.84. The molecule has 1 aliphatic rings. The molecule has 0 bridgehead atoms. The van der Waals surface area contributed by atoms with Crippen LogP contribution in [0.1, 0.15) is 5.56 Å². The van der Waals surface area contributed by atoms with E-state index in [0.717, 1.165) is 5.56 Å². The molecular formula is C17H20N2O5S2. The third kappa shape index (κ3) is 4.05. The minimum absolute atomic E-state index is 0.0913. The highest BCUT2D eigenvalue weighted by atomic mass is 32.2. The quantitative estimate of drug-likeness (QED) is 0.771. The van der Waals surface area contributed by atoms with Crippen LogP contribution in [0.4, 0.5) is 0 Å². The van der Waals surface area contributed by atoms with Crippen molar-refractivity contribution in [1.82, 2.24) is 10.3 Å². The van der Waals surface area contributed by atoms with Gasteiger partial charge in [0.1, 0.15) is 5.75 Å². The topological polar surface area (TPSA) is 102 Å². The molecule has 7 nitrogen and oxygen atoms in total. The molecule has 1 saturated heterocycles. The summed E-state index contributed by atoms with van der Waals surface area (Å²) < 4.78 is 55.2. The first kappa shape index (κ1) is 18.8. The largest absolute Gasteiger partial charge is 0.497 e. The van der Waals surface area contributed by atoms with E-state index in [9.17, 15) is 16.8 Å². The van der Waals surface area contributed by atoms with E-state index in [1.807, 2.05) is 6.07 Å². The molecule has 2 aromatic rings. The molecule has 2 unspecified atom stereocenters. The number of aromatic nitrogens is 1. The summed E-state index contributed by atoms with van der Waals surface area (Å²) in [5, 5.41) is 2.05. The van der Waals surface area contributed by atoms with Crippen molar-refractivity contribution >= 4 is 19.7 Å². The fraction of sp³-hybridized carbons (Fsp3) is 0.353. The van der Waals surface area contributed by atoms with E-state index in [4.69, 9.17) is 4.74 Å². The third-order valence-corrected chi connectivity index (χ3v) is 8.54. The second-order valence-corrected chi connectivity index (χ2v) is 10.5. The van der Waals surface area contributed by atoms with Crippen LogP contribution in [0, 0.1) is 0 Å². The van der Waals surface area contributed by atoms with Crippen LogP contribution in [0.15, 0.2) is 53.7 Å². The number of nitrogens with one attached hydrogen (secondary N) is 1. The molecule has 9 heteroatoms. The molecule has 3 rings (SSSR count). The molecule has 1 N–H and O–H groups in total. The summed E-state index contributed by atoms with van der Waals surface area (Å²) in [4.78, 5) is 4.09. The van der Waals surface area contributed by atoms with Crippen LogP contribution in [-0.2, 0) is 26.2 Å². The van der Waals surface area contributed by atoms with Gasteiger partial charge in [0.05, 0.1) is 28.8 Å². The average molecular weight is 396 g/mol. The average Bonchev–Trinajstić information content (AvgIpc) is 2.96. The highest BCUT2D eigenvalue weighted by molar-refractivity contribution is 7.96. The van der Waals surface area contributed by atoms with E-state index in [2.05, 4.69) is 10.3 Å². The number of benzene rings is 1. The number of ether oxygens (including phenoxy) is 1. The van der Waals surface area contributed by atoms with Gasteiger partial charge in [0.25, 0.3) is 0 Å². The molecule has 0 spiro atoms. The van der Waals surface area contributed by atoms with Crippen molar-refractivity contribution in [2.75, 3.05) is 18.6 Å². The third-order valence-electron chi connectivity index (χ3n) is 4.38. The van der Waals surface area contributed by atoms with Crippen LogP contribution in [-0.4, -0.2) is 51.7 Å². The van der Waals surface area contributed by atoms with Gasteiger partial charge in [-0.3, -0.25) is 4.98 Å². The maximum absolute atomic E-state index is 13.0. The van der Waals surface area contributed by atoms with Gasteiger partial charge in [0, 0.05) is 25.0 Å². The maximum atomic E-state index is 13.0. The molecular weight excluding hydrogens is 376 g/mol. The van der Waals surface area contributed by atoms with Crippen LogP contribution < -0.4 is 10.1 Å². The molecule has 26 heavy (non-hydrogen) atoms. The van der Waals surface area contributed by atoms with E-state index < -0.39 is 31.0 Å². The van der Waals surface area contributed by atoms with E-state index in [1.165, 1.54) is 19.2 Å². The van der Waals surface area contributed by atoms with E-state index >= 15 is 0 Å². The van der Waals surface area contributed by atoms with Gasteiger partial charge in [-0.15, -0.1) is 0 Å². The van der Waals surface area contributed by atoms with Gasteiger partial charge in [-0.2, -0.15) is 0 Å². The molecule has 1 aromatic heterocycles. The van der Waals surface area contributed by atoms with Crippen molar-refractivity contribution in [3.63, 3.8) is 0 Å². The first-order chi connectivity index (χ1) is 12.3. The van der Waals surface area contributed by atoms with Crippen LogP contribution in [0.3, 0.4) is 0 Å². The van der Waals surface area contributed by atoms with Crippen molar-refractivity contribution in [2.24, 2.45) is 0 Å². The van der Waals surface area contributed by atoms with Crippen LogP contribution in [0.25, 0.3) is 0 Å². The lowest BCUT2D eigenvalue weighted by Crippen LogP contribution is -2.43. The van der Waals surface area contributed by atoms with Gasteiger partial charge >= 0.3 is 0 Å². The van der Waals surface area contributed by atoms with Gasteiger partial charge < -0.3 is 10.1 Å². The Labute approximate surface area is 153 Å². The van der Waals surface area contributed by atoms with Crippen molar-refractivity contribution in [2.45, 2.75) is 22.7 Å². The van der Waals surface area contributed by atoms with Crippen molar-refractivity contribution in [3.8, 4) is 5.75 Å². The number of rotatable bonds is 6. The number of methoxy groups -OCH3 is 1. The zero-order valence-electron chi connectivity index (χ0n) is 14.2. The normalized spacial score (nSPS) is 22.2. The lowest BCUT2D eigenvalue weighted by molar-refractivity contribution is 0.414. The van der Waals surface area contributed by atoms with Gasteiger partial charge in [-0.05, 0) is 35.9 Å². The van der Waals surface area contributed by atoms with Crippen LogP contribution >= 0.6 is 0 Å². The van der Waals surface area contributed by atoms with Gasteiger partial charge in [0.15, 0.2) is 19.7 Å². The smallest absolute Gasteiger partial charge is 0.183 e. The van der Waals surface area contributed by atoms with E-state index in [-0.39, 0.29) is 16.4 Å². The molecule has 1 aliphatic heterocycles. The van der Waals surface area contributed by atoms with Crippen molar-refractivity contribution in [3.05, 3.63) is 54.4 Å². The Hall–Kier alpha value is -1.97. The summed E-state index contributed by atoms with van der Waals surface area (Å²) >= 11 is 0. The summed E-state index contributed by atoms with van der Waals surface area (Å²) in [6, 6.07) is 8.93. The molecule has 0 saturated carbocycles. The summed E-state index contributed by atoms with van der Waals surface area (Å²) in [6.45, 7) is 0.350. The molecule has 2 heterocycles. The maximum Gasteiger partial charge on any atom is 0.183 e. The first-order valence-corrected chi connectivity index (χ1v) is 11.4. The summed E-state index contributed by atoms with van der Waals surface area (Å²) in [5.74, 6) is -0.0476. The van der Waals surface area contributed by atoms with Crippen molar-refractivity contribution < 1.29 is 21.6 Å². The molecule has 2 atom stereocenters. The summed E-state index contributed by atoms with van der Waals surface area (Å²) in [6.07, 6.45) is 3.30.